The average molecular weight is 268 g/mol. The Morgan fingerprint density at radius 1 is 1.42 bits per heavy atom. The van der Waals surface area contributed by atoms with Crippen molar-refractivity contribution in [2.45, 2.75) is 25.8 Å². The molecule has 1 aromatic rings. The maximum absolute atomic E-state index is 12.9. The minimum Gasteiger partial charge on any atom is -0.480 e. The Kier molecular flexibility index (Phi) is 5.78. The molecule has 0 aromatic heterocycles. The van der Waals surface area contributed by atoms with Gasteiger partial charge in [0, 0.05) is 6.54 Å². The maximum atomic E-state index is 12.9. The molecule has 1 aromatic carbocycles. The summed E-state index contributed by atoms with van der Waals surface area (Å²) in [5.41, 5.74) is 0.769. The van der Waals surface area contributed by atoms with Crippen LogP contribution in [0.1, 0.15) is 18.9 Å². The second-order valence-corrected chi connectivity index (χ2v) is 4.08. The van der Waals surface area contributed by atoms with Crippen LogP contribution >= 0.6 is 0 Å². The highest BCUT2D eigenvalue weighted by molar-refractivity contribution is 5.82. The Bertz CT molecular complexity index is 451. The van der Waals surface area contributed by atoms with Crippen molar-refractivity contribution in [2.24, 2.45) is 0 Å². The van der Waals surface area contributed by atoms with Crippen LogP contribution in [-0.4, -0.2) is 29.7 Å². The quantitative estimate of drug-likeness (QED) is 0.732. The van der Waals surface area contributed by atoms with Gasteiger partial charge in [0.15, 0.2) is 0 Å². The van der Waals surface area contributed by atoms with Gasteiger partial charge in [-0.05, 0) is 30.5 Å². The Labute approximate surface area is 110 Å². The predicted octanol–water partition coefficient (Wildman–Crippen LogP) is 1.53. The van der Waals surface area contributed by atoms with Gasteiger partial charge in [0.2, 0.25) is 0 Å². The number of hydrogen-bond donors (Lipinski definition) is 3. The van der Waals surface area contributed by atoms with Crippen LogP contribution in [0, 0.1) is 5.82 Å². The van der Waals surface area contributed by atoms with E-state index in [0.717, 1.165) is 5.56 Å². The molecule has 0 saturated carbocycles. The number of carboxylic acids is 1. The predicted molar refractivity (Wildman–Crippen MR) is 68.4 cm³/mol. The first-order chi connectivity index (χ1) is 9.02. The van der Waals surface area contributed by atoms with Gasteiger partial charge in [-0.3, -0.25) is 0 Å². The monoisotopic (exact) mass is 268 g/mol. The molecular weight excluding hydrogens is 251 g/mol. The number of nitrogens with one attached hydrogen (secondary N) is 2. The van der Waals surface area contributed by atoms with E-state index in [4.69, 9.17) is 5.11 Å². The van der Waals surface area contributed by atoms with Crippen LogP contribution in [0.25, 0.3) is 0 Å². The molecule has 2 amide bonds. The number of rotatable bonds is 6. The molecule has 0 aliphatic carbocycles. The van der Waals surface area contributed by atoms with E-state index < -0.39 is 18.0 Å². The third kappa shape index (κ3) is 5.37. The Hall–Kier alpha value is -2.11. The number of hydrogen-bond acceptors (Lipinski definition) is 2. The largest absolute Gasteiger partial charge is 0.480 e. The standard InChI is InChI=1S/C13H17FN2O3/c1-2-11(12(17)18)16-13(19)15-7-6-9-4-3-5-10(14)8-9/h3-5,8,11H,2,6-7H2,1H3,(H,17,18)(H2,15,16,19)/t11-/m0/s1. The fourth-order valence-corrected chi connectivity index (χ4v) is 1.56. The molecule has 6 heteroatoms. The van der Waals surface area contributed by atoms with Crippen LogP contribution in [-0.2, 0) is 11.2 Å². The number of amides is 2. The minimum absolute atomic E-state index is 0.311. The van der Waals surface area contributed by atoms with E-state index in [1.807, 2.05) is 0 Å². The summed E-state index contributed by atoms with van der Waals surface area (Å²) >= 11 is 0. The molecule has 3 N–H and O–H groups in total. The summed E-state index contributed by atoms with van der Waals surface area (Å²) in [6, 6.07) is 4.67. The normalized spacial score (nSPS) is 11.7. The zero-order valence-corrected chi connectivity index (χ0v) is 10.6. The highest BCUT2D eigenvalue weighted by Crippen LogP contribution is 2.03. The van der Waals surface area contributed by atoms with Gasteiger partial charge in [0.1, 0.15) is 11.9 Å². The lowest BCUT2D eigenvalue weighted by atomic mass is 10.1. The number of carbonyl (C=O) groups excluding carboxylic acids is 1. The minimum atomic E-state index is -1.07. The van der Waals surface area contributed by atoms with Gasteiger partial charge < -0.3 is 15.7 Å². The Morgan fingerprint density at radius 3 is 2.74 bits per heavy atom. The number of aliphatic carboxylic acids is 1. The molecule has 1 atom stereocenters. The molecular formula is C13H17FN2O3. The van der Waals surface area contributed by atoms with Crippen molar-refractivity contribution in [2.75, 3.05) is 6.54 Å². The second kappa shape index (κ2) is 7.35. The van der Waals surface area contributed by atoms with Crippen molar-refractivity contribution < 1.29 is 19.1 Å². The van der Waals surface area contributed by atoms with Crippen LogP contribution in [0.5, 0.6) is 0 Å². The molecule has 0 spiro atoms. The van der Waals surface area contributed by atoms with Crippen molar-refractivity contribution in [3.8, 4) is 0 Å². The van der Waals surface area contributed by atoms with E-state index in [-0.39, 0.29) is 5.82 Å². The molecule has 0 saturated heterocycles. The molecule has 0 unspecified atom stereocenters. The lowest BCUT2D eigenvalue weighted by Crippen LogP contribution is -2.46. The zero-order chi connectivity index (χ0) is 14.3. The molecule has 0 bridgehead atoms. The first-order valence-corrected chi connectivity index (χ1v) is 6.04. The second-order valence-electron chi connectivity index (χ2n) is 4.08. The molecule has 0 radical (unpaired) electrons. The highest BCUT2D eigenvalue weighted by Gasteiger charge is 2.16. The van der Waals surface area contributed by atoms with Crippen LogP contribution in [0.2, 0.25) is 0 Å². The maximum Gasteiger partial charge on any atom is 0.326 e. The van der Waals surface area contributed by atoms with Gasteiger partial charge in [-0.15, -0.1) is 0 Å². The highest BCUT2D eigenvalue weighted by atomic mass is 19.1. The topological polar surface area (TPSA) is 78.4 Å². The molecule has 5 nitrogen and oxygen atoms in total. The van der Waals surface area contributed by atoms with E-state index in [2.05, 4.69) is 10.6 Å². The summed E-state index contributed by atoms with van der Waals surface area (Å²) in [5.74, 6) is -1.39. The van der Waals surface area contributed by atoms with Crippen molar-refractivity contribution in [1.29, 1.82) is 0 Å². The van der Waals surface area contributed by atoms with Gasteiger partial charge in [-0.1, -0.05) is 19.1 Å². The summed E-state index contributed by atoms with van der Waals surface area (Å²) in [4.78, 5) is 22.1. The first-order valence-electron chi connectivity index (χ1n) is 6.04. The third-order valence-corrected chi connectivity index (χ3v) is 2.60. The van der Waals surface area contributed by atoms with E-state index in [1.165, 1.54) is 12.1 Å². The number of carboxylic acid groups (broad SMARTS) is 1. The van der Waals surface area contributed by atoms with Crippen molar-refractivity contribution in [3.05, 3.63) is 35.6 Å². The van der Waals surface area contributed by atoms with Gasteiger partial charge >= 0.3 is 12.0 Å². The number of urea groups is 1. The van der Waals surface area contributed by atoms with Gasteiger partial charge in [0.05, 0.1) is 0 Å². The molecule has 0 heterocycles. The fourth-order valence-electron chi connectivity index (χ4n) is 1.56. The van der Waals surface area contributed by atoms with Gasteiger partial charge in [-0.2, -0.15) is 0 Å². The summed E-state index contributed by atoms with van der Waals surface area (Å²) in [6.07, 6.45) is 0.793. The lowest BCUT2D eigenvalue weighted by molar-refractivity contribution is -0.139. The smallest absolute Gasteiger partial charge is 0.326 e. The summed E-state index contributed by atoms with van der Waals surface area (Å²) in [5, 5.41) is 13.6. The van der Waals surface area contributed by atoms with Crippen molar-refractivity contribution in [1.82, 2.24) is 10.6 Å². The van der Waals surface area contributed by atoms with E-state index >= 15 is 0 Å². The van der Waals surface area contributed by atoms with Gasteiger partial charge in [-0.25, -0.2) is 14.0 Å². The Balaban J connectivity index is 2.33. The fraction of sp³-hybridized carbons (Fsp3) is 0.385. The molecule has 0 fully saturated rings. The zero-order valence-electron chi connectivity index (χ0n) is 10.6. The first kappa shape index (κ1) is 14.9. The molecule has 0 aliphatic rings. The van der Waals surface area contributed by atoms with E-state index in [9.17, 15) is 14.0 Å². The SMILES string of the molecule is CC[C@H](NC(=O)NCCc1cccc(F)c1)C(=O)O. The average Bonchev–Trinajstić information content (AvgIpc) is 2.35. The number of benzene rings is 1. The van der Waals surface area contributed by atoms with Crippen LogP contribution < -0.4 is 10.6 Å². The molecule has 1 rings (SSSR count). The van der Waals surface area contributed by atoms with Gasteiger partial charge in [0.25, 0.3) is 0 Å². The van der Waals surface area contributed by atoms with E-state index in [0.29, 0.717) is 19.4 Å². The third-order valence-electron chi connectivity index (χ3n) is 2.60. The van der Waals surface area contributed by atoms with Crippen molar-refractivity contribution in [3.63, 3.8) is 0 Å². The number of halogens is 1. The summed E-state index contributed by atoms with van der Waals surface area (Å²) in [6.45, 7) is 1.98. The number of carbonyl (C=O) groups is 2. The van der Waals surface area contributed by atoms with Crippen LogP contribution in [0.15, 0.2) is 24.3 Å². The molecule has 104 valence electrons. The summed E-state index contributed by atoms with van der Waals surface area (Å²) in [7, 11) is 0. The Morgan fingerprint density at radius 2 is 2.16 bits per heavy atom. The lowest BCUT2D eigenvalue weighted by Gasteiger charge is -2.13. The van der Waals surface area contributed by atoms with E-state index in [1.54, 1.807) is 19.1 Å². The molecule has 19 heavy (non-hydrogen) atoms. The van der Waals surface area contributed by atoms with Crippen LogP contribution in [0.3, 0.4) is 0 Å². The molecule has 0 aliphatic heterocycles. The van der Waals surface area contributed by atoms with Crippen molar-refractivity contribution >= 4 is 12.0 Å². The van der Waals surface area contributed by atoms with Crippen LogP contribution in [0.4, 0.5) is 9.18 Å². The summed E-state index contributed by atoms with van der Waals surface area (Å²) < 4.78 is 12.9.